The van der Waals surface area contributed by atoms with E-state index < -0.39 is 0 Å². The first kappa shape index (κ1) is 14.1. The second-order valence-electron chi connectivity index (χ2n) is 5.30. The Kier molecular flexibility index (Phi) is 3.68. The molecule has 0 aliphatic heterocycles. The average molecular weight is 308 g/mol. The molecule has 1 aliphatic rings. The van der Waals surface area contributed by atoms with E-state index >= 15 is 0 Å². The lowest BCUT2D eigenvalue weighted by Crippen LogP contribution is -2.02. The third-order valence-corrected chi connectivity index (χ3v) is 4.01. The van der Waals surface area contributed by atoms with E-state index in [2.05, 4.69) is 5.10 Å². The molecule has 6 heteroatoms. The Balaban J connectivity index is 1.96. The minimum Gasteiger partial charge on any atom is -0.493 e. The predicted octanol–water partition coefficient (Wildman–Crippen LogP) is 3.12. The number of ether oxygens (including phenoxy) is 2. The van der Waals surface area contributed by atoms with Crippen LogP contribution in [0, 0.1) is 5.92 Å². The van der Waals surface area contributed by atoms with E-state index in [1.807, 2.05) is 6.07 Å². The van der Waals surface area contributed by atoms with Crippen LogP contribution in [0.4, 0.5) is 5.82 Å². The van der Waals surface area contributed by atoms with Crippen LogP contribution in [0.1, 0.15) is 12.8 Å². The average Bonchev–Trinajstić information content (AvgIpc) is 3.25. The van der Waals surface area contributed by atoms with Crippen molar-refractivity contribution in [3.05, 3.63) is 23.4 Å². The number of methoxy groups -OCH3 is 1. The third-order valence-electron chi connectivity index (χ3n) is 3.70. The van der Waals surface area contributed by atoms with Gasteiger partial charge in [0.05, 0.1) is 24.9 Å². The summed E-state index contributed by atoms with van der Waals surface area (Å²) in [4.78, 5) is 0. The summed E-state index contributed by atoms with van der Waals surface area (Å²) in [6.07, 6.45) is 4.17. The number of hydrogen-bond donors (Lipinski definition) is 1. The monoisotopic (exact) mass is 307 g/mol. The zero-order chi connectivity index (χ0) is 15.0. The molecule has 2 aromatic rings. The van der Waals surface area contributed by atoms with Crippen LogP contribution in [0.15, 0.2) is 18.3 Å². The summed E-state index contributed by atoms with van der Waals surface area (Å²) in [6, 6.07) is 3.63. The molecule has 1 fully saturated rings. The first-order valence-corrected chi connectivity index (χ1v) is 7.26. The van der Waals surface area contributed by atoms with Crippen molar-refractivity contribution in [2.24, 2.45) is 13.0 Å². The number of benzene rings is 1. The molecule has 112 valence electrons. The highest BCUT2D eigenvalue weighted by Crippen LogP contribution is 2.41. The molecule has 0 bridgehead atoms. The Morgan fingerprint density at radius 1 is 1.33 bits per heavy atom. The van der Waals surface area contributed by atoms with Crippen LogP contribution in [0.3, 0.4) is 0 Å². The van der Waals surface area contributed by atoms with Crippen molar-refractivity contribution in [2.45, 2.75) is 12.8 Å². The molecule has 1 aliphatic carbocycles. The highest BCUT2D eigenvalue weighted by Gasteiger charge is 2.23. The molecule has 1 saturated carbocycles. The maximum atomic E-state index is 6.38. The predicted molar refractivity (Wildman–Crippen MR) is 82.8 cm³/mol. The van der Waals surface area contributed by atoms with Crippen molar-refractivity contribution < 1.29 is 9.47 Å². The second kappa shape index (κ2) is 5.48. The number of nitrogen functional groups attached to an aromatic ring is 1. The highest BCUT2D eigenvalue weighted by molar-refractivity contribution is 6.33. The summed E-state index contributed by atoms with van der Waals surface area (Å²) in [7, 11) is 3.40. The van der Waals surface area contributed by atoms with Crippen LogP contribution >= 0.6 is 11.6 Å². The lowest BCUT2D eigenvalue weighted by Gasteiger charge is -2.13. The number of nitrogens with two attached hydrogens (primary N) is 1. The molecule has 1 aromatic heterocycles. The lowest BCUT2D eigenvalue weighted by atomic mass is 10.1. The smallest absolute Gasteiger partial charge is 0.162 e. The van der Waals surface area contributed by atoms with Gasteiger partial charge in [-0.15, -0.1) is 0 Å². The van der Waals surface area contributed by atoms with Crippen molar-refractivity contribution in [1.29, 1.82) is 0 Å². The highest BCUT2D eigenvalue weighted by atomic mass is 35.5. The summed E-state index contributed by atoms with van der Waals surface area (Å²) in [6.45, 7) is 0.709. The van der Waals surface area contributed by atoms with Crippen LogP contribution in [-0.2, 0) is 7.05 Å². The van der Waals surface area contributed by atoms with Crippen molar-refractivity contribution >= 4 is 17.4 Å². The fourth-order valence-electron chi connectivity index (χ4n) is 2.16. The first-order valence-electron chi connectivity index (χ1n) is 6.88. The van der Waals surface area contributed by atoms with Gasteiger partial charge in [-0.05, 0) is 24.8 Å². The van der Waals surface area contributed by atoms with Gasteiger partial charge in [-0.2, -0.15) is 5.10 Å². The molecule has 0 atom stereocenters. The second-order valence-corrected chi connectivity index (χ2v) is 5.71. The quantitative estimate of drug-likeness (QED) is 0.922. The fraction of sp³-hybridized carbons (Fsp3) is 0.400. The maximum absolute atomic E-state index is 6.38. The van der Waals surface area contributed by atoms with E-state index in [1.54, 1.807) is 31.1 Å². The van der Waals surface area contributed by atoms with Gasteiger partial charge in [-0.3, -0.25) is 4.68 Å². The molecule has 1 heterocycles. The van der Waals surface area contributed by atoms with Gasteiger partial charge < -0.3 is 15.2 Å². The summed E-state index contributed by atoms with van der Waals surface area (Å²) < 4.78 is 12.8. The topological polar surface area (TPSA) is 62.3 Å². The van der Waals surface area contributed by atoms with Gasteiger partial charge >= 0.3 is 0 Å². The van der Waals surface area contributed by atoms with Gasteiger partial charge in [0.25, 0.3) is 0 Å². The Labute approximate surface area is 128 Å². The molecule has 0 unspecified atom stereocenters. The van der Waals surface area contributed by atoms with E-state index in [4.69, 9.17) is 26.8 Å². The SMILES string of the molecule is COc1cc(-c2cnn(C)c2N)c(Cl)cc1OCC1CC1. The summed E-state index contributed by atoms with van der Waals surface area (Å²) in [5.74, 6) is 2.55. The van der Waals surface area contributed by atoms with Crippen molar-refractivity contribution in [3.63, 3.8) is 0 Å². The van der Waals surface area contributed by atoms with E-state index in [-0.39, 0.29) is 0 Å². The van der Waals surface area contributed by atoms with Crippen LogP contribution in [0.25, 0.3) is 11.1 Å². The van der Waals surface area contributed by atoms with Gasteiger partial charge in [-0.1, -0.05) is 11.6 Å². The Morgan fingerprint density at radius 3 is 2.67 bits per heavy atom. The molecule has 5 nitrogen and oxygen atoms in total. The van der Waals surface area contributed by atoms with Crippen molar-refractivity contribution in [1.82, 2.24) is 9.78 Å². The number of nitrogens with zero attached hydrogens (tertiary/aromatic N) is 2. The fourth-order valence-corrected chi connectivity index (χ4v) is 2.42. The van der Waals surface area contributed by atoms with Crippen molar-refractivity contribution in [3.8, 4) is 22.6 Å². The Bertz CT molecular complexity index is 665. The molecule has 0 saturated heterocycles. The first-order chi connectivity index (χ1) is 10.1. The van der Waals surface area contributed by atoms with Crippen LogP contribution in [-0.4, -0.2) is 23.5 Å². The van der Waals surface area contributed by atoms with Crippen LogP contribution < -0.4 is 15.2 Å². The molecule has 0 radical (unpaired) electrons. The van der Waals surface area contributed by atoms with Gasteiger partial charge in [0.1, 0.15) is 5.82 Å². The summed E-state index contributed by atoms with van der Waals surface area (Å²) in [5.41, 5.74) is 7.59. The molecule has 3 rings (SSSR count). The van der Waals surface area contributed by atoms with E-state index in [0.717, 1.165) is 11.1 Å². The molecular formula is C15H18ClN3O2. The largest absolute Gasteiger partial charge is 0.493 e. The van der Waals surface area contributed by atoms with E-state index in [1.165, 1.54) is 12.8 Å². The number of aromatic nitrogens is 2. The Morgan fingerprint density at radius 2 is 2.10 bits per heavy atom. The van der Waals surface area contributed by atoms with Crippen LogP contribution in [0.2, 0.25) is 5.02 Å². The number of hydrogen-bond acceptors (Lipinski definition) is 4. The van der Waals surface area contributed by atoms with Gasteiger partial charge in [0.2, 0.25) is 0 Å². The van der Waals surface area contributed by atoms with Crippen LogP contribution in [0.5, 0.6) is 11.5 Å². The van der Waals surface area contributed by atoms with Gasteiger partial charge in [0.15, 0.2) is 11.5 Å². The molecule has 0 amide bonds. The number of aryl methyl sites for hydroxylation is 1. The summed E-state index contributed by atoms with van der Waals surface area (Å²) in [5, 5.41) is 4.71. The third kappa shape index (κ3) is 2.78. The number of rotatable bonds is 5. The minimum absolute atomic E-state index is 0.561. The van der Waals surface area contributed by atoms with E-state index in [0.29, 0.717) is 34.9 Å². The van der Waals surface area contributed by atoms with Crippen molar-refractivity contribution in [2.75, 3.05) is 19.5 Å². The zero-order valence-electron chi connectivity index (χ0n) is 12.1. The standard InChI is InChI=1S/C15H18ClN3O2/c1-19-15(17)11(7-18-19)10-5-13(20-2)14(6-12(10)16)21-8-9-3-4-9/h5-7,9H,3-4,8,17H2,1-2H3. The van der Waals surface area contributed by atoms with Gasteiger partial charge in [0, 0.05) is 24.2 Å². The van der Waals surface area contributed by atoms with Gasteiger partial charge in [-0.25, -0.2) is 0 Å². The molecule has 0 spiro atoms. The van der Waals surface area contributed by atoms with E-state index in [9.17, 15) is 0 Å². The molecule has 1 aromatic carbocycles. The minimum atomic E-state index is 0.561. The summed E-state index contributed by atoms with van der Waals surface area (Å²) >= 11 is 6.38. The molecule has 2 N–H and O–H groups in total. The number of anilines is 1. The number of halogens is 1. The lowest BCUT2D eigenvalue weighted by molar-refractivity contribution is 0.280. The zero-order valence-corrected chi connectivity index (χ0v) is 12.9. The molecular weight excluding hydrogens is 290 g/mol. The molecule has 21 heavy (non-hydrogen) atoms. The normalized spacial score (nSPS) is 14.2. The maximum Gasteiger partial charge on any atom is 0.162 e. The Hall–Kier alpha value is -1.88.